The van der Waals surface area contributed by atoms with Crippen molar-refractivity contribution in [2.24, 2.45) is 28.6 Å². The van der Waals surface area contributed by atoms with Crippen molar-refractivity contribution in [3.05, 3.63) is 23.8 Å². The fourth-order valence-corrected chi connectivity index (χ4v) is 7.25. The molecule has 0 unspecified atom stereocenters. The molecular formula is C23H32O4. The molecule has 1 aliphatic heterocycles. The van der Waals surface area contributed by atoms with Crippen molar-refractivity contribution in [2.75, 3.05) is 13.2 Å². The Morgan fingerprint density at radius 1 is 1.19 bits per heavy atom. The smallest absolute Gasteiger partial charge is 0.302 e. The number of esters is 1. The van der Waals surface area contributed by atoms with Crippen LogP contribution in [0.5, 0.6) is 0 Å². The molecule has 0 radical (unpaired) electrons. The van der Waals surface area contributed by atoms with Gasteiger partial charge in [0.05, 0.1) is 13.2 Å². The Hall–Kier alpha value is -1.13. The summed E-state index contributed by atoms with van der Waals surface area (Å²) in [6.07, 6.45) is 13.8. The van der Waals surface area contributed by atoms with Crippen LogP contribution in [-0.2, 0) is 19.0 Å². The summed E-state index contributed by atoms with van der Waals surface area (Å²) in [5, 5.41) is 0. The highest BCUT2D eigenvalue weighted by Gasteiger charge is 2.64. The van der Waals surface area contributed by atoms with Gasteiger partial charge in [-0.3, -0.25) is 4.79 Å². The Morgan fingerprint density at radius 2 is 1.96 bits per heavy atom. The Bertz CT molecular complexity index is 703. The van der Waals surface area contributed by atoms with E-state index in [1.54, 1.807) is 0 Å². The summed E-state index contributed by atoms with van der Waals surface area (Å²) in [4.78, 5) is 11.4. The summed E-state index contributed by atoms with van der Waals surface area (Å²) >= 11 is 0. The van der Waals surface area contributed by atoms with Gasteiger partial charge in [0.2, 0.25) is 0 Å². The van der Waals surface area contributed by atoms with Crippen LogP contribution in [0.4, 0.5) is 0 Å². The normalized spacial score (nSPS) is 47.1. The maximum Gasteiger partial charge on any atom is 0.302 e. The van der Waals surface area contributed by atoms with Crippen molar-refractivity contribution in [3.8, 4) is 0 Å². The van der Waals surface area contributed by atoms with Gasteiger partial charge in [-0.05, 0) is 61.3 Å². The van der Waals surface area contributed by atoms with E-state index in [1.807, 2.05) is 0 Å². The second kappa shape index (κ2) is 5.93. The fraction of sp³-hybridized carbons (Fsp3) is 0.783. The Balaban J connectivity index is 1.42. The molecule has 3 fully saturated rings. The highest BCUT2D eigenvalue weighted by Crippen LogP contribution is 2.66. The molecule has 4 heteroatoms. The van der Waals surface area contributed by atoms with E-state index in [0.717, 1.165) is 32.1 Å². The lowest BCUT2D eigenvalue weighted by Crippen LogP contribution is -2.55. The van der Waals surface area contributed by atoms with Gasteiger partial charge in [0.1, 0.15) is 6.10 Å². The second-order valence-corrected chi connectivity index (χ2v) is 9.83. The van der Waals surface area contributed by atoms with Crippen LogP contribution < -0.4 is 0 Å². The van der Waals surface area contributed by atoms with Crippen LogP contribution >= 0.6 is 0 Å². The van der Waals surface area contributed by atoms with E-state index in [0.29, 0.717) is 31.0 Å². The minimum Gasteiger partial charge on any atom is -0.462 e. The number of allylic oxidation sites excluding steroid dienone is 2. The molecule has 1 saturated heterocycles. The van der Waals surface area contributed by atoms with Crippen LogP contribution in [0.1, 0.15) is 59.3 Å². The number of carbonyl (C=O) groups is 1. The van der Waals surface area contributed by atoms with Gasteiger partial charge < -0.3 is 14.2 Å². The van der Waals surface area contributed by atoms with Crippen molar-refractivity contribution < 1.29 is 19.0 Å². The maximum absolute atomic E-state index is 11.4. The largest absolute Gasteiger partial charge is 0.462 e. The lowest BCUT2D eigenvalue weighted by molar-refractivity contribution is -0.222. The molecule has 1 heterocycles. The van der Waals surface area contributed by atoms with Crippen LogP contribution in [0.25, 0.3) is 0 Å². The topological polar surface area (TPSA) is 44.8 Å². The van der Waals surface area contributed by atoms with Crippen molar-refractivity contribution in [2.45, 2.75) is 71.2 Å². The van der Waals surface area contributed by atoms with Gasteiger partial charge in [-0.25, -0.2) is 0 Å². The number of carbonyl (C=O) groups excluding carboxylic acids is 1. The third-order valence-electron chi connectivity index (χ3n) is 8.68. The van der Waals surface area contributed by atoms with Crippen LogP contribution in [0.2, 0.25) is 0 Å². The predicted octanol–water partition coefficient (Wildman–Crippen LogP) is 4.40. The fourth-order valence-electron chi connectivity index (χ4n) is 7.25. The van der Waals surface area contributed by atoms with Crippen molar-refractivity contribution >= 4 is 5.97 Å². The molecule has 4 nitrogen and oxygen atoms in total. The molecule has 148 valence electrons. The van der Waals surface area contributed by atoms with E-state index in [9.17, 15) is 4.79 Å². The van der Waals surface area contributed by atoms with Gasteiger partial charge in [0.15, 0.2) is 5.79 Å². The first kappa shape index (κ1) is 17.9. The third kappa shape index (κ3) is 2.38. The molecule has 27 heavy (non-hydrogen) atoms. The van der Waals surface area contributed by atoms with Gasteiger partial charge in [0.25, 0.3) is 0 Å². The predicted molar refractivity (Wildman–Crippen MR) is 102 cm³/mol. The molecule has 0 aromatic carbocycles. The Labute approximate surface area is 162 Å². The SMILES string of the molecule is CC(=O)O[C@H]1CC[C@@]2(C)C(=CC[C@@H]3[C@@H]2CC[C@@]2(C)[C@H]3C=CC23OCCO3)C1. The van der Waals surface area contributed by atoms with E-state index in [-0.39, 0.29) is 22.9 Å². The quantitative estimate of drug-likeness (QED) is 0.505. The second-order valence-electron chi connectivity index (χ2n) is 9.83. The third-order valence-corrected chi connectivity index (χ3v) is 8.68. The summed E-state index contributed by atoms with van der Waals surface area (Å²) < 4.78 is 17.9. The number of fused-ring (bicyclic) bond motifs is 6. The highest BCUT2D eigenvalue weighted by atomic mass is 16.7. The molecule has 0 amide bonds. The molecular weight excluding hydrogens is 340 g/mol. The van der Waals surface area contributed by atoms with Crippen molar-refractivity contribution in [1.29, 1.82) is 0 Å². The van der Waals surface area contributed by atoms with E-state index >= 15 is 0 Å². The zero-order valence-corrected chi connectivity index (χ0v) is 16.8. The maximum atomic E-state index is 11.4. The van der Waals surface area contributed by atoms with Crippen LogP contribution in [0.3, 0.4) is 0 Å². The van der Waals surface area contributed by atoms with Gasteiger partial charge >= 0.3 is 5.97 Å². The zero-order chi connectivity index (χ0) is 18.9. The standard InChI is InChI=1S/C23H32O4/c1-15(24)27-17-6-9-21(2)16(14-17)4-5-18-19(21)7-10-22(3)20(18)8-11-23(22)25-12-13-26-23/h4,8,11,17-20H,5-7,9-10,12-14H2,1-3H3/t17-,18+,19-,20-,21-,22-/m0/s1. The molecule has 2 saturated carbocycles. The number of rotatable bonds is 1. The average Bonchev–Trinajstić information content (AvgIpc) is 3.21. The number of ether oxygens (including phenoxy) is 3. The Morgan fingerprint density at radius 3 is 2.70 bits per heavy atom. The molecule has 5 rings (SSSR count). The van der Waals surface area contributed by atoms with E-state index in [4.69, 9.17) is 14.2 Å². The molecule has 5 aliphatic rings. The first-order chi connectivity index (χ1) is 12.9. The molecule has 0 bridgehead atoms. The zero-order valence-electron chi connectivity index (χ0n) is 16.8. The van der Waals surface area contributed by atoms with Crippen molar-refractivity contribution in [1.82, 2.24) is 0 Å². The molecule has 0 N–H and O–H groups in total. The first-order valence-corrected chi connectivity index (χ1v) is 10.7. The van der Waals surface area contributed by atoms with E-state index in [1.165, 1.54) is 18.9 Å². The summed E-state index contributed by atoms with van der Waals surface area (Å²) in [5.74, 6) is 1.25. The van der Waals surface area contributed by atoms with E-state index < -0.39 is 5.79 Å². The average molecular weight is 373 g/mol. The number of hydrogen-bond acceptors (Lipinski definition) is 4. The van der Waals surface area contributed by atoms with Gasteiger partial charge in [-0.15, -0.1) is 0 Å². The van der Waals surface area contributed by atoms with Crippen LogP contribution in [-0.4, -0.2) is 31.1 Å². The van der Waals surface area contributed by atoms with Gasteiger partial charge in [-0.1, -0.05) is 31.6 Å². The summed E-state index contributed by atoms with van der Waals surface area (Å²) in [5.41, 5.74) is 1.85. The highest BCUT2D eigenvalue weighted by molar-refractivity contribution is 5.66. The first-order valence-electron chi connectivity index (χ1n) is 10.7. The molecule has 0 aromatic rings. The molecule has 1 spiro atoms. The van der Waals surface area contributed by atoms with Gasteiger partial charge in [-0.2, -0.15) is 0 Å². The Kier molecular flexibility index (Phi) is 3.94. The molecule has 0 aromatic heterocycles. The lowest BCUT2D eigenvalue weighted by Gasteiger charge is -2.58. The number of hydrogen-bond donors (Lipinski definition) is 0. The lowest BCUT2D eigenvalue weighted by atomic mass is 9.47. The summed E-state index contributed by atoms with van der Waals surface area (Å²) in [6.45, 7) is 7.80. The molecule has 6 atom stereocenters. The minimum atomic E-state index is -0.486. The van der Waals surface area contributed by atoms with E-state index in [2.05, 4.69) is 32.1 Å². The summed E-state index contributed by atoms with van der Waals surface area (Å²) in [7, 11) is 0. The monoisotopic (exact) mass is 372 g/mol. The van der Waals surface area contributed by atoms with Gasteiger partial charge in [0, 0.05) is 18.8 Å². The van der Waals surface area contributed by atoms with Crippen LogP contribution in [0, 0.1) is 28.6 Å². The molecule has 4 aliphatic carbocycles. The summed E-state index contributed by atoms with van der Waals surface area (Å²) in [6, 6.07) is 0. The van der Waals surface area contributed by atoms with Crippen molar-refractivity contribution in [3.63, 3.8) is 0 Å². The minimum absolute atomic E-state index is 0.0569. The van der Waals surface area contributed by atoms with Crippen LogP contribution in [0.15, 0.2) is 23.8 Å².